The number of hydrogen-bond acceptors (Lipinski definition) is 3. The van der Waals surface area contributed by atoms with E-state index < -0.39 is 0 Å². The Hall–Kier alpha value is -1.13. The molecule has 2 fully saturated rings. The van der Waals surface area contributed by atoms with Crippen molar-refractivity contribution >= 4 is 5.91 Å². The summed E-state index contributed by atoms with van der Waals surface area (Å²) in [6.45, 7) is 5.56. The minimum absolute atomic E-state index is 0.00794. The Morgan fingerprint density at radius 3 is 3.10 bits per heavy atom. The van der Waals surface area contributed by atoms with Crippen molar-refractivity contribution in [2.24, 2.45) is 5.92 Å². The molecule has 0 N–H and O–H groups in total. The van der Waals surface area contributed by atoms with Crippen LogP contribution in [0, 0.1) is 5.92 Å². The Morgan fingerprint density at radius 1 is 1.43 bits per heavy atom. The third kappa shape index (κ3) is 3.22. The molecule has 3 rings (SSSR count). The molecule has 4 atom stereocenters. The maximum atomic E-state index is 12.7. The monoisotopic (exact) mass is 291 g/mol. The van der Waals surface area contributed by atoms with Gasteiger partial charge in [-0.3, -0.25) is 4.79 Å². The van der Waals surface area contributed by atoms with E-state index in [0.29, 0.717) is 32.1 Å². The third-order valence-electron chi connectivity index (χ3n) is 4.83. The number of carbonyl (C=O) groups excluding carboxylic acids is 1. The van der Waals surface area contributed by atoms with Gasteiger partial charge in [0, 0.05) is 13.0 Å². The van der Waals surface area contributed by atoms with Gasteiger partial charge in [0.15, 0.2) is 0 Å². The molecule has 21 heavy (non-hydrogen) atoms. The van der Waals surface area contributed by atoms with Gasteiger partial charge in [-0.2, -0.15) is 0 Å². The SMILES string of the molecule is C=CCO[C@H]1[C@H]2CC[C@H]1OCCN2C(=O)C[C@H]1C=CCC1. The lowest BCUT2D eigenvalue weighted by molar-refractivity contribution is -0.136. The van der Waals surface area contributed by atoms with Gasteiger partial charge in [-0.15, -0.1) is 6.58 Å². The molecule has 0 radical (unpaired) electrons. The van der Waals surface area contributed by atoms with Crippen LogP contribution in [0.4, 0.5) is 0 Å². The van der Waals surface area contributed by atoms with Gasteiger partial charge in [0.1, 0.15) is 6.10 Å². The average Bonchev–Trinajstić information content (AvgIpc) is 3.04. The lowest BCUT2D eigenvalue weighted by Crippen LogP contribution is -2.46. The van der Waals surface area contributed by atoms with E-state index in [9.17, 15) is 4.79 Å². The Morgan fingerprint density at radius 2 is 2.33 bits per heavy atom. The summed E-state index contributed by atoms with van der Waals surface area (Å²) in [6, 6.07) is 0.176. The molecule has 2 bridgehead atoms. The van der Waals surface area contributed by atoms with Crippen molar-refractivity contribution in [2.45, 2.75) is 50.4 Å². The molecule has 0 unspecified atom stereocenters. The Labute approximate surface area is 126 Å². The standard InChI is InChI=1S/C17H25NO3/c1-2-10-21-17-14-7-8-15(17)20-11-9-18(14)16(19)12-13-5-3-4-6-13/h2-3,5,13-15,17H,1,4,6-12H2/t13-,14+,15+,17-/m0/s1. The molecule has 0 aromatic carbocycles. The van der Waals surface area contributed by atoms with E-state index in [1.165, 1.54) is 0 Å². The summed E-state index contributed by atoms with van der Waals surface area (Å²) in [5.74, 6) is 0.682. The Balaban J connectivity index is 1.66. The molecule has 1 saturated carbocycles. The first-order valence-electron chi connectivity index (χ1n) is 8.10. The smallest absolute Gasteiger partial charge is 0.223 e. The van der Waals surface area contributed by atoms with Gasteiger partial charge in [-0.1, -0.05) is 18.2 Å². The predicted octanol–water partition coefficient (Wildman–Crippen LogP) is 2.30. The fourth-order valence-electron chi connectivity index (χ4n) is 3.81. The summed E-state index contributed by atoms with van der Waals surface area (Å²) in [4.78, 5) is 14.7. The number of allylic oxidation sites excluding steroid dienone is 2. The van der Waals surface area contributed by atoms with Gasteiger partial charge >= 0.3 is 0 Å². The average molecular weight is 291 g/mol. The normalized spacial score (nSPS) is 35.0. The topological polar surface area (TPSA) is 38.8 Å². The van der Waals surface area contributed by atoms with Crippen LogP contribution in [0.5, 0.6) is 0 Å². The maximum absolute atomic E-state index is 12.7. The van der Waals surface area contributed by atoms with Crippen molar-refractivity contribution in [3.05, 3.63) is 24.8 Å². The van der Waals surface area contributed by atoms with Crippen molar-refractivity contribution in [1.29, 1.82) is 0 Å². The summed E-state index contributed by atoms with van der Waals surface area (Å²) in [5.41, 5.74) is 0. The molecule has 1 saturated heterocycles. The third-order valence-corrected chi connectivity index (χ3v) is 4.83. The minimum atomic E-state index is 0.00794. The van der Waals surface area contributed by atoms with Crippen molar-refractivity contribution < 1.29 is 14.3 Å². The zero-order valence-corrected chi connectivity index (χ0v) is 12.6. The van der Waals surface area contributed by atoms with E-state index in [-0.39, 0.29) is 24.2 Å². The first-order valence-corrected chi connectivity index (χ1v) is 8.10. The van der Waals surface area contributed by atoms with Crippen LogP contribution < -0.4 is 0 Å². The van der Waals surface area contributed by atoms with Crippen molar-refractivity contribution in [3.8, 4) is 0 Å². The highest BCUT2D eigenvalue weighted by Gasteiger charge is 2.44. The van der Waals surface area contributed by atoms with Gasteiger partial charge < -0.3 is 14.4 Å². The number of carbonyl (C=O) groups is 1. The number of hydrogen-bond donors (Lipinski definition) is 0. The summed E-state index contributed by atoms with van der Waals surface area (Å²) in [7, 11) is 0. The molecule has 1 heterocycles. The lowest BCUT2D eigenvalue weighted by Gasteiger charge is -2.31. The number of rotatable bonds is 5. The first kappa shape index (κ1) is 14.8. The predicted molar refractivity (Wildman–Crippen MR) is 80.9 cm³/mol. The molecule has 0 aromatic heterocycles. The van der Waals surface area contributed by atoms with E-state index >= 15 is 0 Å². The number of fused-ring (bicyclic) bond motifs is 2. The van der Waals surface area contributed by atoms with Crippen LogP contribution in [0.25, 0.3) is 0 Å². The maximum Gasteiger partial charge on any atom is 0.223 e. The second-order valence-corrected chi connectivity index (χ2v) is 6.20. The van der Waals surface area contributed by atoms with Gasteiger partial charge in [-0.25, -0.2) is 0 Å². The van der Waals surface area contributed by atoms with Gasteiger partial charge in [0.05, 0.1) is 25.4 Å². The quantitative estimate of drug-likeness (QED) is 0.730. The van der Waals surface area contributed by atoms with Crippen LogP contribution >= 0.6 is 0 Å². The summed E-state index contributed by atoms with van der Waals surface area (Å²) in [6.07, 6.45) is 11.1. The van der Waals surface area contributed by atoms with E-state index in [1.54, 1.807) is 6.08 Å². The summed E-state index contributed by atoms with van der Waals surface area (Å²) >= 11 is 0. The van der Waals surface area contributed by atoms with Crippen LogP contribution in [0.15, 0.2) is 24.8 Å². The van der Waals surface area contributed by atoms with Crippen LogP contribution in [0.3, 0.4) is 0 Å². The molecule has 2 aliphatic carbocycles. The minimum Gasteiger partial charge on any atom is -0.374 e. The van der Waals surface area contributed by atoms with Crippen LogP contribution in [0.1, 0.15) is 32.1 Å². The molecular formula is C17H25NO3. The molecular weight excluding hydrogens is 266 g/mol. The Bertz CT molecular complexity index is 420. The van der Waals surface area contributed by atoms with Gasteiger partial charge in [-0.05, 0) is 31.6 Å². The van der Waals surface area contributed by atoms with Gasteiger partial charge in [0.2, 0.25) is 5.91 Å². The number of amides is 1. The zero-order valence-electron chi connectivity index (χ0n) is 12.6. The van der Waals surface area contributed by atoms with Crippen LogP contribution in [-0.4, -0.2) is 48.8 Å². The van der Waals surface area contributed by atoms with Crippen molar-refractivity contribution in [3.63, 3.8) is 0 Å². The summed E-state index contributed by atoms with van der Waals surface area (Å²) < 4.78 is 11.8. The number of ether oxygens (including phenoxy) is 2. The van der Waals surface area contributed by atoms with Crippen molar-refractivity contribution in [1.82, 2.24) is 4.90 Å². The van der Waals surface area contributed by atoms with E-state index in [1.807, 2.05) is 4.90 Å². The van der Waals surface area contributed by atoms with E-state index in [0.717, 1.165) is 25.7 Å². The first-order chi connectivity index (χ1) is 10.3. The Kier molecular flexibility index (Phi) is 4.76. The molecule has 1 amide bonds. The number of nitrogens with zero attached hydrogens (tertiary/aromatic N) is 1. The highest BCUT2D eigenvalue weighted by atomic mass is 16.5. The van der Waals surface area contributed by atoms with Gasteiger partial charge in [0.25, 0.3) is 0 Å². The van der Waals surface area contributed by atoms with Crippen LogP contribution in [-0.2, 0) is 14.3 Å². The van der Waals surface area contributed by atoms with E-state index in [4.69, 9.17) is 9.47 Å². The highest BCUT2D eigenvalue weighted by Crippen LogP contribution is 2.33. The molecule has 4 heteroatoms. The molecule has 0 aromatic rings. The second-order valence-electron chi connectivity index (χ2n) is 6.20. The molecule has 0 spiro atoms. The lowest BCUT2D eigenvalue weighted by atomic mass is 10.0. The molecule has 1 aliphatic heterocycles. The zero-order chi connectivity index (χ0) is 14.7. The highest BCUT2D eigenvalue weighted by molar-refractivity contribution is 5.77. The second kappa shape index (κ2) is 6.75. The fourth-order valence-corrected chi connectivity index (χ4v) is 3.81. The molecule has 116 valence electrons. The molecule has 3 aliphatic rings. The fraction of sp³-hybridized carbons (Fsp3) is 0.706. The van der Waals surface area contributed by atoms with Crippen molar-refractivity contribution in [2.75, 3.05) is 19.8 Å². The molecule has 4 nitrogen and oxygen atoms in total. The van der Waals surface area contributed by atoms with E-state index in [2.05, 4.69) is 18.7 Å². The largest absolute Gasteiger partial charge is 0.374 e. The van der Waals surface area contributed by atoms with Crippen LogP contribution in [0.2, 0.25) is 0 Å². The summed E-state index contributed by atoms with van der Waals surface area (Å²) in [5, 5.41) is 0.